The Kier molecular flexibility index (Phi) is 9.94. The maximum atomic E-state index is 14.4. The Morgan fingerprint density at radius 3 is 2.69 bits per heavy atom. The van der Waals surface area contributed by atoms with E-state index in [2.05, 4.69) is 20.1 Å². The minimum absolute atomic E-state index is 0.0534. The lowest BCUT2D eigenvalue weighted by Crippen LogP contribution is -2.58. The molecule has 3 aliphatic heterocycles. The first-order chi connectivity index (χ1) is 18.9. The number of rotatable bonds is 15. The molecule has 3 aliphatic rings. The van der Waals surface area contributed by atoms with Crippen LogP contribution in [0.2, 0.25) is 0 Å². The Labute approximate surface area is 236 Å². The predicted molar refractivity (Wildman–Crippen MR) is 154 cm³/mol. The monoisotopic (exact) mass is 554 g/mol. The summed E-state index contributed by atoms with van der Waals surface area (Å²) in [5, 5.41) is 10.5. The van der Waals surface area contributed by atoms with Gasteiger partial charge in [0, 0.05) is 18.3 Å². The van der Waals surface area contributed by atoms with Crippen molar-refractivity contribution in [3.63, 3.8) is 0 Å². The molecular weight excluding hydrogens is 512 g/mol. The van der Waals surface area contributed by atoms with Crippen LogP contribution in [-0.2, 0) is 25.5 Å². The number of aliphatic hydroxyl groups is 1. The summed E-state index contributed by atoms with van der Waals surface area (Å²) in [7, 11) is 0. The number of nitrogens with zero attached hydrogens (tertiary/aromatic N) is 2. The van der Waals surface area contributed by atoms with Gasteiger partial charge in [0.1, 0.15) is 6.04 Å². The maximum absolute atomic E-state index is 14.4. The lowest BCUT2D eigenvalue weighted by Gasteiger charge is -2.39. The highest BCUT2D eigenvalue weighted by molar-refractivity contribution is 8.02. The number of thioether (sulfide) groups is 1. The van der Waals surface area contributed by atoms with Crippen LogP contribution in [0.4, 0.5) is 0 Å². The van der Waals surface area contributed by atoms with Crippen LogP contribution < -0.4 is 0 Å². The number of unbranched alkanes of at least 4 members (excludes halogenated alkanes) is 2. The van der Waals surface area contributed by atoms with Crippen LogP contribution in [-0.4, -0.2) is 81.1 Å². The number of likely N-dealkylation sites (tertiary alicyclic amines) is 1. The number of aliphatic hydroxyl groups excluding tert-OH is 1. The van der Waals surface area contributed by atoms with E-state index in [-0.39, 0.29) is 36.2 Å². The molecule has 1 aromatic carbocycles. The summed E-state index contributed by atoms with van der Waals surface area (Å²) in [6, 6.07) is 8.39. The van der Waals surface area contributed by atoms with E-state index in [9.17, 15) is 19.5 Å². The highest BCUT2D eigenvalue weighted by Gasteiger charge is 2.74. The lowest BCUT2D eigenvalue weighted by molar-refractivity contribution is -0.154. The Bertz CT molecular complexity index is 1050. The predicted octanol–water partition coefficient (Wildman–Crippen LogP) is 4.01. The van der Waals surface area contributed by atoms with Crippen LogP contribution in [0.5, 0.6) is 0 Å². The molecule has 2 amide bonds. The molecule has 0 radical (unpaired) electrons. The van der Waals surface area contributed by atoms with Gasteiger partial charge in [-0.2, -0.15) is 0 Å². The molecule has 3 heterocycles. The van der Waals surface area contributed by atoms with E-state index in [0.29, 0.717) is 32.4 Å². The molecule has 3 fully saturated rings. The van der Waals surface area contributed by atoms with Crippen LogP contribution >= 0.6 is 11.8 Å². The molecule has 7 nitrogen and oxygen atoms in total. The van der Waals surface area contributed by atoms with Gasteiger partial charge in [0.05, 0.1) is 35.8 Å². The average Bonchev–Trinajstić information content (AvgIpc) is 3.59. The molecule has 212 valence electrons. The fourth-order valence-electron chi connectivity index (χ4n) is 6.68. The number of ether oxygens (including phenoxy) is 1. The fraction of sp³-hybridized carbons (Fsp3) is 0.581. The van der Waals surface area contributed by atoms with Crippen LogP contribution in [0.25, 0.3) is 0 Å². The zero-order chi connectivity index (χ0) is 28.0. The van der Waals surface area contributed by atoms with Crippen molar-refractivity contribution in [2.24, 2.45) is 11.8 Å². The van der Waals surface area contributed by atoms with Gasteiger partial charge in [0.2, 0.25) is 11.8 Å². The van der Waals surface area contributed by atoms with Gasteiger partial charge in [-0.25, -0.2) is 0 Å². The van der Waals surface area contributed by atoms with Gasteiger partial charge in [-0.1, -0.05) is 62.2 Å². The van der Waals surface area contributed by atoms with Gasteiger partial charge in [0.15, 0.2) is 0 Å². The second-order valence-electron chi connectivity index (χ2n) is 10.9. The van der Waals surface area contributed by atoms with Crippen molar-refractivity contribution in [3.05, 3.63) is 61.2 Å². The molecule has 8 heteroatoms. The van der Waals surface area contributed by atoms with Gasteiger partial charge in [-0.05, 0) is 37.7 Å². The van der Waals surface area contributed by atoms with E-state index in [1.807, 2.05) is 35.2 Å². The molecule has 39 heavy (non-hydrogen) atoms. The molecule has 6 atom stereocenters. The van der Waals surface area contributed by atoms with Crippen molar-refractivity contribution in [2.45, 2.75) is 74.0 Å². The lowest BCUT2D eigenvalue weighted by atomic mass is 9.71. The number of carbonyl (C=O) groups excluding carboxylic acids is 3. The van der Waals surface area contributed by atoms with E-state index in [4.69, 9.17) is 4.74 Å². The Balaban J connectivity index is 1.72. The van der Waals surface area contributed by atoms with Crippen molar-refractivity contribution in [1.29, 1.82) is 0 Å². The molecule has 2 unspecified atom stereocenters. The molecule has 0 aliphatic carbocycles. The van der Waals surface area contributed by atoms with Crippen LogP contribution in [0.15, 0.2) is 55.6 Å². The molecule has 1 aromatic rings. The molecule has 1 spiro atoms. The molecular formula is C31H42N2O5S. The van der Waals surface area contributed by atoms with Crippen molar-refractivity contribution < 1.29 is 24.2 Å². The highest BCUT2D eigenvalue weighted by atomic mass is 32.2. The van der Waals surface area contributed by atoms with Crippen molar-refractivity contribution in [2.75, 3.05) is 26.3 Å². The summed E-state index contributed by atoms with van der Waals surface area (Å²) in [4.78, 5) is 45.6. The van der Waals surface area contributed by atoms with Gasteiger partial charge in [0.25, 0.3) is 0 Å². The SMILES string of the molecule is C=CCCOC(=O)[C@@H]1[C@H]2C(=O)N([C@@H](CO)Cc3ccccc3)C(C(=O)N(CC=C)CCCCC)C23CC[C@H]1S3. The minimum Gasteiger partial charge on any atom is -0.465 e. The summed E-state index contributed by atoms with van der Waals surface area (Å²) >= 11 is 1.63. The zero-order valence-electron chi connectivity index (χ0n) is 23.0. The third-order valence-electron chi connectivity index (χ3n) is 8.42. The molecule has 4 rings (SSSR count). The average molecular weight is 555 g/mol. The normalized spacial score (nSPS) is 27.7. The smallest absolute Gasteiger partial charge is 0.310 e. The first-order valence-corrected chi connectivity index (χ1v) is 15.1. The number of hydrogen-bond donors (Lipinski definition) is 1. The third kappa shape index (κ3) is 5.68. The van der Waals surface area contributed by atoms with E-state index < -0.39 is 28.7 Å². The molecule has 1 N–H and O–H groups in total. The number of benzene rings is 1. The van der Waals surface area contributed by atoms with Gasteiger partial charge in [-0.3, -0.25) is 14.4 Å². The summed E-state index contributed by atoms with van der Waals surface area (Å²) < 4.78 is 4.87. The minimum atomic E-state index is -0.751. The Hall–Kier alpha value is -2.58. The second kappa shape index (κ2) is 13.2. The van der Waals surface area contributed by atoms with Crippen molar-refractivity contribution in [1.82, 2.24) is 9.80 Å². The third-order valence-corrected chi connectivity index (χ3v) is 10.4. The molecule has 0 saturated carbocycles. The summed E-state index contributed by atoms with van der Waals surface area (Å²) in [6.45, 7) is 10.6. The maximum Gasteiger partial charge on any atom is 0.310 e. The fourth-order valence-corrected chi connectivity index (χ4v) is 8.87. The molecule has 0 aromatic heterocycles. The largest absolute Gasteiger partial charge is 0.465 e. The number of amides is 2. The van der Waals surface area contributed by atoms with Crippen molar-refractivity contribution in [3.8, 4) is 0 Å². The number of fused-ring (bicyclic) bond motifs is 1. The van der Waals surface area contributed by atoms with Crippen LogP contribution in [0.3, 0.4) is 0 Å². The van der Waals surface area contributed by atoms with Gasteiger partial charge < -0.3 is 19.6 Å². The molecule has 2 bridgehead atoms. The van der Waals surface area contributed by atoms with E-state index >= 15 is 0 Å². The number of esters is 1. The van der Waals surface area contributed by atoms with Crippen LogP contribution in [0.1, 0.15) is 51.0 Å². The zero-order valence-corrected chi connectivity index (χ0v) is 23.8. The number of hydrogen-bond acceptors (Lipinski definition) is 6. The standard InChI is InChI=1S/C31H42N2O5S/c1-4-7-12-18-32(17-6-3)29(36)27-31-16-15-24(39-31)25(30(37)38-19-8-5-2)26(31)28(35)33(27)23(21-34)20-22-13-10-9-11-14-22/h5-6,9-11,13-14,23-27,34H,2-4,7-8,12,15-21H2,1H3/t23-,24-,25+,26+,27?,31?/m1/s1. The van der Waals surface area contributed by atoms with Gasteiger partial charge in [-0.15, -0.1) is 24.9 Å². The topological polar surface area (TPSA) is 87.1 Å². The summed E-state index contributed by atoms with van der Waals surface area (Å²) in [5.74, 6) is -1.92. The quantitative estimate of drug-likeness (QED) is 0.200. The summed E-state index contributed by atoms with van der Waals surface area (Å²) in [6.07, 6.45) is 8.75. The van der Waals surface area contributed by atoms with Crippen LogP contribution in [0, 0.1) is 11.8 Å². The first kappa shape index (κ1) is 29.4. The Morgan fingerprint density at radius 1 is 1.26 bits per heavy atom. The second-order valence-corrected chi connectivity index (χ2v) is 12.5. The summed E-state index contributed by atoms with van der Waals surface area (Å²) in [5.41, 5.74) is 0.980. The van der Waals surface area contributed by atoms with Gasteiger partial charge >= 0.3 is 5.97 Å². The number of carbonyl (C=O) groups is 3. The Morgan fingerprint density at radius 2 is 2.03 bits per heavy atom. The van der Waals surface area contributed by atoms with E-state index in [1.54, 1.807) is 28.8 Å². The van der Waals surface area contributed by atoms with E-state index in [0.717, 1.165) is 31.2 Å². The van der Waals surface area contributed by atoms with Crippen molar-refractivity contribution >= 4 is 29.5 Å². The first-order valence-electron chi connectivity index (χ1n) is 14.2. The highest BCUT2D eigenvalue weighted by Crippen LogP contribution is 2.67. The molecule has 3 saturated heterocycles. The van der Waals surface area contributed by atoms with E-state index in [1.165, 1.54) is 0 Å².